The Morgan fingerprint density at radius 2 is 1.78 bits per heavy atom. The molecule has 1 aromatic rings. The SMILES string of the molecule is Cc1cc(C(C)(C)C)cc(C)c1CN1CCCCC1C(=O)O.Cl. The molecule has 1 N–H and O–H groups in total. The minimum Gasteiger partial charge on any atom is -0.480 e. The predicted molar refractivity (Wildman–Crippen MR) is 97.5 cm³/mol. The number of hydrogen-bond acceptors (Lipinski definition) is 2. The fraction of sp³-hybridized carbons (Fsp3) is 0.632. The molecule has 1 aliphatic rings. The van der Waals surface area contributed by atoms with Gasteiger partial charge in [-0.05, 0) is 60.9 Å². The van der Waals surface area contributed by atoms with Crippen molar-refractivity contribution in [3.63, 3.8) is 0 Å². The lowest BCUT2D eigenvalue weighted by atomic mass is 9.83. The number of likely N-dealkylation sites (tertiary alicyclic amines) is 1. The normalized spacial score (nSPS) is 19.3. The maximum Gasteiger partial charge on any atom is 0.320 e. The largest absolute Gasteiger partial charge is 0.480 e. The highest BCUT2D eigenvalue weighted by molar-refractivity contribution is 5.85. The number of hydrogen-bond donors (Lipinski definition) is 1. The predicted octanol–water partition coefficient (Wildman–Crippen LogP) is 4.46. The number of carbonyl (C=O) groups is 1. The molecular formula is C19H30ClNO2. The van der Waals surface area contributed by atoms with Crippen LogP contribution >= 0.6 is 12.4 Å². The van der Waals surface area contributed by atoms with E-state index in [1.165, 1.54) is 22.3 Å². The maximum absolute atomic E-state index is 11.5. The van der Waals surface area contributed by atoms with E-state index in [4.69, 9.17) is 0 Å². The summed E-state index contributed by atoms with van der Waals surface area (Å²) in [5.41, 5.74) is 5.34. The zero-order valence-corrected chi connectivity index (χ0v) is 15.8. The zero-order chi connectivity index (χ0) is 16.5. The number of aryl methyl sites for hydroxylation is 2. The summed E-state index contributed by atoms with van der Waals surface area (Å²) in [6.07, 6.45) is 2.89. The van der Waals surface area contributed by atoms with Crippen LogP contribution in [0.1, 0.15) is 62.3 Å². The number of piperidine rings is 1. The third-order valence-electron chi connectivity index (χ3n) is 4.82. The molecule has 1 atom stereocenters. The lowest BCUT2D eigenvalue weighted by Crippen LogP contribution is -2.44. The van der Waals surface area contributed by atoms with Gasteiger partial charge in [-0.1, -0.05) is 39.3 Å². The monoisotopic (exact) mass is 339 g/mol. The van der Waals surface area contributed by atoms with Gasteiger partial charge in [-0.15, -0.1) is 12.4 Å². The van der Waals surface area contributed by atoms with Gasteiger partial charge in [0.2, 0.25) is 0 Å². The fourth-order valence-electron chi connectivity index (χ4n) is 3.34. The van der Waals surface area contributed by atoms with E-state index in [-0.39, 0.29) is 23.9 Å². The van der Waals surface area contributed by atoms with E-state index in [2.05, 4.69) is 51.7 Å². The van der Waals surface area contributed by atoms with E-state index < -0.39 is 5.97 Å². The van der Waals surface area contributed by atoms with Crippen LogP contribution in [0.3, 0.4) is 0 Å². The Kier molecular flexibility index (Phi) is 6.67. The van der Waals surface area contributed by atoms with Gasteiger partial charge in [-0.2, -0.15) is 0 Å². The summed E-state index contributed by atoms with van der Waals surface area (Å²) in [4.78, 5) is 13.6. The molecule has 0 spiro atoms. The van der Waals surface area contributed by atoms with Gasteiger partial charge >= 0.3 is 5.97 Å². The molecular weight excluding hydrogens is 310 g/mol. The molecule has 1 heterocycles. The molecule has 23 heavy (non-hydrogen) atoms. The van der Waals surface area contributed by atoms with Crippen molar-refractivity contribution in [1.29, 1.82) is 0 Å². The molecule has 1 unspecified atom stereocenters. The molecule has 1 aromatic carbocycles. The number of nitrogens with zero attached hydrogens (tertiary/aromatic N) is 1. The van der Waals surface area contributed by atoms with Gasteiger partial charge in [0.15, 0.2) is 0 Å². The highest BCUT2D eigenvalue weighted by atomic mass is 35.5. The zero-order valence-electron chi connectivity index (χ0n) is 15.0. The molecule has 0 saturated carbocycles. The van der Waals surface area contributed by atoms with Gasteiger partial charge in [-0.3, -0.25) is 9.69 Å². The molecule has 0 bridgehead atoms. The van der Waals surface area contributed by atoms with Gasteiger partial charge in [-0.25, -0.2) is 0 Å². The molecule has 0 amide bonds. The Bertz CT molecular complexity index is 540. The van der Waals surface area contributed by atoms with Gasteiger partial charge in [0.1, 0.15) is 6.04 Å². The van der Waals surface area contributed by atoms with Crippen molar-refractivity contribution >= 4 is 18.4 Å². The Balaban J connectivity index is 0.00000264. The molecule has 0 aromatic heterocycles. The number of aliphatic carboxylic acids is 1. The summed E-state index contributed by atoms with van der Waals surface area (Å²) in [5, 5.41) is 9.43. The first-order valence-electron chi connectivity index (χ1n) is 8.27. The lowest BCUT2D eigenvalue weighted by molar-refractivity contribution is -0.144. The third-order valence-corrected chi connectivity index (χ3v) is 4.82. The number of benzene rings is 1. The van der Waals surface area contributed by atoms with E-state index >= 15 is 0 Å². The van der Waals surface area contributed by atoms with Crippen molar-refractivity contribution in [3.05, 3.63) is 34.4 Å². The number of carboxylic acid groups (broad SMARTS) is 1. The van der Waals surface area contributed by atoms with E-state index in [1.807, 2.05) is 0 Å². The van der Waals surface area contributed by atoms with Crippen LogP contribution < -0.4 is 0 Å². The molecule has 2 rings (SSSR count). The van der Waals surface area contributed by atoms with Crippen LogP contribution in [0.15, 0.2) is 12.1 Å². The second-order valence-electron chi connectivity index (χ2n) is 7.66. The van der Waals surface area contributed by atoms with Gasteiger partial charge in [0, 0.05) is 6.54 Å². The Morgan fingerprint density at radius 1 is 1.22 bits per heavy atom. The summed E-state index contributed by atoms with van der Waals surface area (Å²) in [5.74, 6) is -0.679. The summed E-state index contributed by atoms with van der Waals surface area (Å²) < 4.78 is 0. The van der Waals surface area contributed by atoms with E-state index in [0.717, 1.165) is 32.4 Å². The summed E-state index contributed by atoms with van der Waals surface area (Å²) in [6.45, 7) is 12.6. The minimum absolute atomic E-state index is 0. The topological polar surface area (TPSA) is 40.5 Å². The second-order valence-corrected chi connectivity index (χ2v) is 7.66. The summed E-state index contributed by atoms with van der Waals surface area (Å²) in [6, 6.07) is 4.21. The first-order chi connectivity index (χ1) is 10.2. The van der Waals surface area contributed by atoms with Gasteiger partial charge < -0.3 is 5.11 Å². The summed E-state index contributed by atoms with van der Waals surface area (Å²) in [7, 11) is 0. The number of rotatable bonds is 3. The van der Waals surface area contributed by atoms with Crippen LogP contribution in [0.25, 0.3) is 0 Å². The first kappa shape index (κ1) is 20.0. The molecule has 0 aliphatic carbocycles. The Labute approximate surface area is 146 Å². The summed E-state index contributed by atoms with van der Waals surface area (Å²) >= 11 is 0. The third kappa shape index (κ3) is 4.71. The highest BCUT2D eigenvalue weighted by Crippen LogP contribution is 2.29. The van der Waals surface area contributed by atoms with Crippen molar-refractivity contribution in [1.82, 2.24) is 4.90 Å². The first-order valence-corrected chi connectivity index (χ1v) is 8.27. The van der Waals surface area contributed by atoms with Crippen LogP contribution in [-0.2, 0) is 16.8 Å². The van der Waals surface area contributed by atoms with Crippen LogP contribution in [0.4, 0.5) is 0 Å². The van der Waals surface area contributed by atoms with Gasteiger partial charge in [0.05, 0.1) is 0 Å². The van der Waals surface area contributed by atoms with Crippen molar-refractivity contribution in [2.75, 3.05) is 6.54 Å². The number of halogens is 1. The maximum atomic E-state index is 11.5. The van der Waals surface area contributed by atoms with Crippen molar-refractivity contribution < 1.29 is 9.90 Å². The molecule has 130 valence electrons. The van der Waals surface area contributed by atoms with Crippen molar-refractivity contribution in [2.24, 2.45) is 0 Å². The molecule has 1 fully saturated rings. The van der Waals surface area contributed by atoms with Crippen molar-refractivity contribution in [2.45, 2.75) is 71.9 Å². The molecule has 3 nitrogen and oxygen atoms in total. The fourth-order valence-corrected chi connectivity index (χ4v) is 3.34. The molecule has 4 heteroatoms. The van der Waals surface area contributed by atoms with E-state index in [0.29, 0.717) is 0 Å². The quantitative estimate of drug-likeness (QED) is 0.883. The van der Waals surface area contributed by atoms with Crippen LogP contribution in [-0.4, -0.2) is 28.6 Å². The molecule has 0 radical (unpaired) electrons. The average molecular weight is 340 g/mol. The van der Waals surface area contributed by atoms with Crippen LogP contribution in [0.5, 0.6) is 0 Å². The standard InChI is InChI=1S/C19H29NO2.ClH/c1-13-10-15(19(3,4)5)11-14(2)16(13)12-20-9-7-6-8-17(20)18(21)22;/h10-11,17H,6-9,12H2,1-5H3,(H,21,22);1H. The van der Waals surface area contributed by atoms with Crippen LogP contribution in [0.2, 0.25) is 0 Å². The highest BCUT2D eigenvalue weighted by Gasteiger charge is 2.29. The smallest absolute Gasteiger partial charge is 0.320 e. The average Bonchev–Trinajstić information content (AvgIpc) is 2.41. The lowest BCUT2D eigenvalue weighted by Gasteiger charge is -2.34. The Morgan fingerprint density at radius 3 is 2.26 bits per heavy atom. The minimum atomic E-state index is -0.679. The number of carboxylic acids is 1. The molecule has 1 saturated heterocycles. The van der Waals surface area contributed by atoms with Gasteiger partial charge in [0.25, 0.3) is 0 Å². The van der Waals surface area contributed by atoms with E-state index in [9.17, 15) is 9.90 Å². The van der Waals surface area contributed by atoms with Crippen molar-refractivity contribution in [3.8, 4) is 0 Å². The second kappa shape index (κ2) is 7.67. The van der Waals surface area contributed by atoms with E-state index in [1.54, 1.807) is 0 Å². The Hall–Kier alpha value is -1.06. The van der Waals surface area contributed by atoms with Crippen LogP contribution in [0, 0.1) is 13.8 Å². The molecule has 1 aliphatic heterocycles.